The molecule has 3 fully saturated rings. The van der Waals surface area contributed by atoms with Gasteiger partial charge in [0.15, 0.2) is 12.4 Å². The number of ether oxygens (including phenoxy) is 1. The van der Waals surface area contributed by atoms with E-state index in [1.807, 2.05) is 42.5 Å². The monoisotopic (exact) mass is 451 g/mol. The zero-order valence-electron chi connectivity index (χ0n) is 18.7. The lowest BCUT2D eigenvalue weighted by Crippen LogP contribution is -2.32. The fourth-order valence-corrected chi connectivity index (χ4v) is 6.09. The minimum absolute atomic E-state index is 0.0751. The molecule has 0 aromatic heterocycles. The lowest BCUT2D eigenvalue weighted by molar-refractivity contribution is -0.123. The highest BCUT2D eigenvalue weighted by Crippen LogP contribution is 2.56. The van der Waals surface area contributed by atoms with Gasteiger partial charge < -0.3 is 4.74 Å². The molecule has 3 aliphatic rings. The van der Waals surface area contributed by atoms with E-state index in [-0.39, 0.29) is 36.0 Å². The standard InChI is InChI=1S/C29H25NO4/c31-25(20-11-9-19(10-12-20)18-5-2-1-3-6-18)17-34-24-8-4-7-23(16-24)30-28(32)26-21-13-14-22(15-21)27(26)29(30)33/h1-12,16,21-22,26-27H,13-15,17H2/t21-,22-,26-,27+/m0/s1. The molecule has 2 saturated carbocycles. The van der Waals surface area contributed by atoms with Crippen molar-refractivity contribution in [3.8, 4) is 16.9 Å². The van der Waals surface area contributed by atoms with Gasteiger partial charge in [-0.15, -0.1) is 0 Å². The van der Waals surface area contributed by atoms with E-state index in [4.69, 9.17) is 4.74 Å². The molecule has 3 aromatic carbocycles. The summed E-state index contributed by atoms with van der Waals surface area (Å²) >= 11 is 0. The minimum Gasteiger partial charge on any atom is -0.485 e. The van der Waals surface area contributed by atoms with Crippen LogP contribution in [0.3, 0.4) is 0 Å². The van der Waals surface area contributed by atoms with E-state index >= 15 is 0 Å². The summed E-state index contributed by atoms with van der Waals surface area (Å²) in [4.78, 5) is 40.2. The highest BCUT2D eigenvalue weighted by Gasteiger charge is 2.61. The Labute approximate surface area is 198 Å². The van der Waals surface area contributed by atoms with Crippen molar-refractivity contribution < 1.29 is 19.1 Å². The molecular weight excluding hydrogens is 426 g/mol. The summed E-state index contributed by atoms with van der Waals surface area (Å²) in [6.07, 6.45) is 3.12. The quantitative estimate of drug-likeness (QED) is 0.384. The van der Waals surface area contributed by atoms with Gasteiger partial charge in [-0.25, -0.2) is 4.90 Å². The number of imide groups is 1. The Balaban J connectivity index is 1.13. The molecule has 6 rings (SSSR count). The van der Waals surface area contributed by atoms with Gasteiger partial charge in [-0.2, -0.15) is 0 Å². The summed E-state index contributed by atoms with van der Waals surface area (Å²) in [5.74, 6) is 0.566. The van der Waals surface area contributed by atoms with E-state index in [2.05, 4.69) is 0 Å². The number of benzene rings is 3. The molecule has 0 unspecified atom stereocenters. The summed E-state index contributed by atoms with van der Waals surface area (Å²) in [5.41, 5.74) is 3.24. The van der Waals surface area contributed by atoms with Crippen molar-refractivity contribution in [3.63, 3.8) is 0 Å². The van der Waals surface area contributed by atoms with Crippen molar-refractivity contribution in [2.45, 2.75) is 19.3 Å². The van der Waals surface area contributed by atoms with Crippen molar-refractivity contribution >= 4 is 23.3 Å². The van der Waals surface area contributed by atoms with Crippen molar-refractivity contribution in [1.82, 2.24) is 0 Å². The Bertz CT molecular complexity index is 1240. The molecule has 5 heteroatoms. The lowest BCUT2D eigenvalue weighted by atomic mass is 9.81. The van der Waals surface area contributed by atoms with Crippen LogP contribution in [-0.4, -0.2) is 24.2 Å². The molecule has 4 atom stereocenters. The summed E-state index contributed by atoms with van der Waals surface area (Å²) in [6.45, 7) is -0.120. The third kappa shape index (κ3) is 3.43. The van der Waals surface area contributed by atoms with Crippen LogP contribution < -0.4 is 9.64 Å². The van der Waals surface area contributed by atoms with Crippen LogP contribution in [0.15, 0.2) is 78.9 Å². The Morgan fingerprint density at radius 1 is 0.794 bits per heavy atom. The van der Waals surface area contributed by atoms with Crippen molar-refractivity contribution in [1.29, 1.82) is 0 Å². The zero-order chi connectivity index (χ0) is 23.2. The molecule has 3 aromatic rings. The van der Waals surface area contributed by atoms with Gasteiger partial charge in [-0.3, -0.25) is 14.4 Å². The van der Waals surface area contributed by atoms with Crippen molar-refractivity contribution in [3.05, 3.63) is 84.4 Å². The number of anilines is 1. The number of ketones is 1. The number of amides is 2. The largest absolute Gasteiger partial charge is 0.485 e. The Morgan fingerprint density at radius 2 is 1.44 bits per heavy atom. The topological polar surface area (TPSA) is 63.7 Å². The molecule has 5 nitrogen and oxygen atoms in total. The van der Waals surface area contributed by atoms with Crippen LogP contribution in [0, 0.1) is 23.7 Å². The Kier molecular flexibility index (Phi) is 5.05. The van der Waals surface area contributed by atoms with Crippen LogP contribution in [0.5, 0.6) is 5.75 Å². The second-order valence-electron chi connectivity index (χ2n) is 9.55. The SMILES string of the molecule is O=C(COc1cccc(N2C(=O)[C@@H]3[C@H]4CC[C@@H](C4)[C@@H]3C2=O)c1)c1ccc(-c2ccccc2)cc1. The number of rotatable bonds is 6. The maximum Gasteiger partial charge on any atom is 0.237 e. The molecule has 1 saturated heterocycles. The van der Waals surface area contributed by atoms with E-state index in [1.54, 1.807) is 36.4 Å². The molecule has 2 bridgehead atoms. The van der Waals surface area contributed by atoms with Crippen molar-refractivity contribution in [2.75, 3.05) is 11.5 Å². The molecule has 0 spiro atoms. The second kappa shape index (κ2) is 8.24. The molecular formula is C29H25NO4. The third-order valence-corrected chi connectivity index (χ3v) is 7.69. The fourth-order valence-electron chi connectivity index (χ4n) is 6.09. The summed E-state index contributed by atoms with van der Waals surface area (Å²) in [7, 11) is 0. The van der Waals surface area contributed by atoms with Crippen LogP contribution in [0.25, 0.3) is 11.1 Å². The minimum atomic E-state index is -0.156. The highest BCUT2D eigenvalue weighted by atomic mass is 16.5. The maximum atomic E-state index is 13.1. The first-order chi connectivity index (χ1) is 16.6. The van der Waals surface area contributed by atoms with Gasteiger partial charge in [0.05, 0.1) is 17.5 Å². The number of hydrogen-bond donors (Lipinski definition) is 0. The first-order valence-corrected chi connectivity index (χ1v) is 11.9. The number of Topliss-reactive ketones (excluding diaryl/α,β-unsaturated/α-hetero) is 1. The first kappa shape index (κ1) is 20.8. The van der Waals surface area contributed by atoms with Crippen LogP contribution in [0.1, 0.15) is 29.6 Å². The average molecular weight is 452 g/mol. The number of hydrogen-bond acceptors (Lipinski definition) is 4. The zero-order valence-corrected chi connectivity index (χ0v) is 18.7. The number of carbonyl (C=O) groups excluding carboxylic acids is 3. The second-order valence-corrected chi connectivity index (χ2v) is 9.55. The van der Waals surface area contributed by atoms with E-state index in [1.165, 1.54) is 4.90 Å². The van der Waals surface area contributed by atoms with Crippen LogP contribution in [0.4, 0.5) is 5.69 Å². The van der Waals surface area contributed by atoms with E-state index < -0.39 is 0 Å². The molecule has 1 heterocycles. The third-order valence-electron chi connectivity index (χ3n) is 7.69. The number of fused-ring (bicyclic) bond motifs is 5. The molecule has 0 radical (unpaired) electrons. The van der Waals surface area contributed by atoms with Crippen LogP contribution >= 0.6 is 0 Å². The lowest BCUT2D eigenvalue weighted by Gasteiger charge is -2.19. The predicted molar refractivity (Wildman–Crippen MR) is 128 cm³/mol. The van der Waals surface area contributed by atoms with Crippen LogP contribution in [0.2, 0.25) is 0 Å². The summed E-state index contributed by atoms with van der Waals surface area (Å²) in [6, 6.07) is 24.4. The highest BCUT2D eigenvalue weighted by molar-refractivity contribution is 6.22. The van der Waals surface area contributed by atoms with Gasteiger partial charge in [0, 0.05) is 11.6 Å². The molecule has 0 N–H and O–H groups in total. The van der Waals surface area contributed by atoms with Gasteiger partial charge in [0.25, 0.3) is 0 Å². The molecule has 1 aliphatic heterocycles. The van der Waals surface area contributed by atoms with Gasteiger partial charge >= 0.3 is 0 Å². The molecule has 170 valence electrons. The summed E-state index contributed by atoms with van der Waals surface area (Å²) in [5, 5.41) is 0. The summed E-state index contributed by atoms with van der Waals surface area (Å²) < 4.78 is 5.76. The Morgan fingerprint density at radius 3 is 2.12 bits per heavy atom. The molecule has 2 amide bonds. The van der Waals surface area contributed by atoms with Gasteiger partial charge in [-0.05, 0) is 54.4 Å². The fraction of sp³-hybridized carbons (Fsp3) is 0.276. The number of nitrogens with zero attached hydrogens (tertiary/aromatic N) is 1. The van der Waals surface area contributed by atoms with Gasteiger partial charge in [0.2, 0.25) is 11.8 Å². The van der Waals surface area contributed by atoms with E-state index in [0.717, 1.165) is 30.4 Å². The normalized spacial score (nSPS) is 25.0. The smallest absolute Gasteiger partial charge is 0.237 e. The maximum absolute atomic E-state index is 13.1. The van der Waals surface area contributed by atoms with E-state index in [9.17, 15) is 14.4 Å². The Hall–Kier alpha value is -3.73. The van der Waals surface area contributed by atoms with Crippen molar-refractivity contribution in [2.24, 2.45) is 23.7 Å². The van der Waals surface area contributed by atoms with E-state index in [0.29, 0.717) is 28.8 Å². The van der Waals surface area contributed by atoms with Crippen LogP contribution in [-0.2, 0) is 9.59 Å². The number of carbonyl (C=O) groups is 3. The van der Waals surface area contributed by atoms with Gasteiger partial charge in [0.1, 0.15) is 5.75 Å². The predicted octanol–water partition coefficient (Wildman–Crippen LogP) is 5.15. The molecule has 34 heavy (non-hydrogen) atoms. The van der Waals surface area contributed by atoms with Gasteiger partial charge in [-0.1, -0.05) is 60.7 Å². The molecule has 2 aliphatic carbocycles. The first-order valence-electron chi connectivity index (χ1n) is 11.9. The average Bonchev–Trinajstić information content (AvgIpc) is 3.57.